The van der Waals surface area contributed by atoms with E-state index < -0.39 is 8.07 Å². The summed E-state index contributed by atoms with van der Waals surface area (Å²) in [5, 5.41) is 0. The standard InChI is InChI=1S/C14H19BrSi/c1-5-6-13(11-16(2,3)4)12-7-9-14(15)10-8-12/h5,7-11H,1,6H2,2-4H3/b13-11-. The number of rotatable bonds is 4. The Morgan fingerprint density at radius 2 is 1.81 bits per heavy atom. The Morgan fingerprint density at radius 1 is 1.25 bits per heavy atom. The molecule has 0 aliphatic carbocycles. The van der Waals surface area contributed by atoms with Crippen LogP contribution in [0.5, 0.6) is 0 Å². The third-order valence-electron chi connectivity index (χ3n) is 2.19. The summed E-state index contributed by atoms with van der Waals surface area (Å²) >= 11 is 3.46. The molecule has 0 saturated heterocycles. The predicted molar refractivity (Wildman–Crippen MR) is 80.3 cm³/mol. The van der Waals surface area contributed by atoms with Crippen LogP contribution in [-0.2, 0) is 0 Å². The SMILES string of the molecule is C=CC/C(=C/[Si](C)(C)C)c1ccc(Br)cc1. The van der Waals surface area contributed by atoms with Gasteiger partial charge in [0, 0.05) is 4.47 Å². The lowest BCUT2D eigenvalue weighted by Gasteiger charge is -2.14. The number of hydrogen-bond acceptors (Lipinski definition) is 0. The molecule has 0 saturated carbocycles. The second-order valence-corrected chi connectivity index (χ2v) is 11.0. The largest absolute Gasteiger partial charge is 0.103 e. The van der Waals surface area contributed by atoms with E-state index in [1.54, 1.807) is 0 Å². The van der Waals surface area contributed by atoms with Gasteiger partial charge in [0.05, 0.1) is 8.07 Å². The summed E-state index contributed by atoms with van der Waals surface area (Å²) in [6.45, 7) is 10.9. The molecule has 0 spiro atoms. The molecule has 1 aromatic rings. The van der Waals surface area contributed by atoms with Crippen molar-refractivity contribution in [1.29, 1.82) is 0 Å². The van der Waals surface area contributed by atoms with Crippen molar-refractivity contribution in [2.45, 2.75) is 26.1 Å². The van der Waals surface area contributed by atoms with Crippen molar-refractivity contribution < 1.29 is 0 Å². The second-order valence-electron chi connectivity index (χ2n) is 5.04. The normalized spacial score (nSPS) is 12.6. The van der Waals surface area contributed by atoms with E-state index in [1.807, 2.05) is 6.08 Å². The Kier molecular flexibility index (Phi) is 4.75. The highest BCUT2D eigenvalue weighted by Gasteiger charge is 2.11. The van der Waals surface area contributed by atoms with Gasteiger partial charge in [-0.2, -0.15) is 0 Å². The van der Waals surface area contributed by atoms with Gasteiger partial charge in [-0.05, 0) is 29.7 Å². The number of allylic oxidation sites excluding steroid dienone is 2. The van der Waals surface area contributed by atoms with E-state index in [4.69, 9.17) is 0 Å². The summed E-state index contributed by atoms with van der Waals surface area (Å²) in [7, 11) is -1.18. The molecule has 0 aliphatic rings. The molecule has 0 atom stereocenters. The first-order valence-corrected chi connectivity index (χ1v) is 9.88. The summed E-state index contributed by atoms with van der Waals surface area (Å²) < 4.78 is 1.13. The van der Waals surface area contributed by atoms with Gasteiger partial charge in [0.1, 0.15) is 0 Å². The molecule has 0 unspecified atom stereocenters. The molecule has 2 heteroatoms. The number of halogens is 1. The third-order valence-corrected chi connectivity index (χ3v) is 3.93. The lowest BCUT2D eigenvalue weighted by atomic mass is 10.1. The minimum atomic E-state index is -1.18. The van der Waals surface area contributed by atoms with Crippen LogP contribution in [0.3, 0.4) is 0 Å². The predicted octanol–water partition coefficient (Wildman–Crippen LogP) is 5.29. The van der Waals surface area contributed by atoms with Gasteiger partial charge in [0.25, 0.3) is 0 Å². The van der Waals surface area contributed by atoms with Crippen LogP contribution in [0.2, 0.25) is 19.6 Å². The molecule has 1 rings (SSSR count). The molecule has 86 valence electrons. The maximum atomic E-state index is 3.84. The van der Waals surface area contributed by atoms with Crippen LogP contribution in [0.4, 0.5) is 0 Å². The highest BCUT2D eigenvalue weighted by atomic mass is 79.9. The van der Waals surface area contributed by atoms with Crippen LogP contribution in [0.15, 0.2) is 47.1 Å². The van der Waals surface area contributed by atoms with Crippen LogP contribution >= 0.6 is 15.9 Å². The summed E-state index contributed by atoms with van der Waals surface area (Å²) in [6, 6.07) is 8.52. The fourth-order valence-corrected chi connectivity index (χ4v) is 3.20. The smallest absolute Gasteiger partial charge is 0.0691 e. The Labute approximate surface area is 108 Å². The molecule has 0 heterocycles. The van der Waals surface area contributed by atoms with E-state index in [1.165, 1.54) is 11.1 Å². The quantitative estimate of drug-likeness (QED) is 0.523. The summed E-state index contributed by atoms with van der Waals surface area (Å²) in [5.74, 6) is 0. The van der Waals surface area contributed by atoms with Gasteiger partial charge in [-0.15, -0.1) is 6.58 Å². The lowest BCUT2D eigenvalue weighted by Crippen LogP contribution is -2.16. The molecule has 0 N–H and O–H groups in total. The van der Waals surface area contributed by atoms with E-state index in [9.17, 15) is 0 Å². The fourth-order valence-electron chi connectivity index (χ4n) is 1.60. The highest BCUT2D eigenvalue weighted by molar-refractivity contribution is 9.10. The molecule has 1 aromatic carbocycles. The maximum absolute atomic E-state index is 3.84. The number of benzene rings is 1. The van der Waals surface area contributed by atoms with E-state index in [-0.39, 0.29) is 0 Å². The van der Waals surface area contributed by atoms with E-state index >= 15 is 0 Å². The van der Waals surface area contributed by atoms with Crippen LogP contribution < -0.4 is 0 Å². The van der Waals surface area contributed by atoms with Crippen molar-refractivity contribution in [1.82, 2.24) is 0 Å². The van der Waals surface area contributed by atoms with Gasteiger partial charge < -0.3 is 0 Å². The van der Waals surface area contributed by atoms with Gasteiger partial charge in [-0.1, -0.05) is 59.5 Å². The molecule has 0 bridgehead atoms. The summed E-state index contributed by atoms with van der Waals surface area (Å²) in [5.41, 5.74) is 5.17. The molecule has 0 radical (unpaired) electrons. The lowest BCUT2D eigenvalue weighted by molar-refractivity contribution is 1.40. The first-order valence-electron chi connectivity index (χ1n) is 5.51. The maximum Gasteiger partial charge on any atom is 0.0691 e. The van der Waals surface area contributed by atoms with E-state index in [0.29, 0.717) is 0 Å². The highest BCUT2D eigenvalue weighted by Crippen LogP contribution is 2.23. The van der Waals surface area contributed by atoms with Crippen molar-refractivity contribution in [2.24, 2.45) is 0 Å². The molecule has 0 aromatic heterocycles. The van der Waals surface area contributed by atoms with Gasteiger partial charge in [0.15, 0.2) is 0 Å². The van der Waals surface area contributed by atoms with Crippen LogP contribution in [0, 0.1) is 0 Å². The van der Waals surface area contributed by atoms with Crippen LogP contribution in [0.25, 0.3) is 5.57 Å². The first-order chi connectivity index (χ1) is 7.42. The zero-order valence-electron chi connectivity index (χ0n) is 10.3. The summed E-state index contributed by atoms with van der Waals surface area (Å²) in [4.78, 5) is 0. The van der Waals surface area contributed by atoms with Crippen molar-refractivity contribution in [3.63, 3.8) is 0 Å². The van der Waals surface area contributed by atoms with Crippen molar-refractivity contribution in [3.8, 4) is 0 Å². The second kappa shape index (κ2) is 5.64. The molecule has 16 heavy (non-hydrogen) atoms. The van der Waals surface area contributed by atoms with Gasteiger partial charge in [0.2, 0.25) is 0 Å². The summed E-state index contributed by atoms with van der Waals surface area (Å²) in [6.07, 6.45) is 2.93. The molecule has 0 nitrogen and oxygen atoms in total. The van der Waals surface area contributed by atoms with E-state index in [2.05, 4.69) is 72.1 Å². The zero-order valence-corrected chi connectivity index (χ0v) is 12.8. The van der Waals surface area contributed by atoms with Gasteiger partial charge in [-0.25, -0.2) is 0 Å². The topological polar surface area (TPSA) is 0 Å². The minimum absolute atomic E-state index is 0.950. The molecule has 0 amide bonds. The zero-order chi connectivity index (χ0) is 12.2. The number of hydrogen-bond donors (Lipinski definition) is 0. The van der Waals surface area contributed by atoms with Crippen molar-refractivity contribution in [3.05, 3.63) is 52.7 Å². The molecule has 0 aliphatic heterocycles. The Balaban J connectivity index is 3.07. The first kappa shape index (κ1) is 13.5. The molecular weight excluding hydrogens is 276 g/mol. The average molecular weight is 295 g/mol. The Hall–Kier alpha value is -0.603. The monoisotopic (exact) mass is 294 g/mol. The minimum Gasteiger partial charge on any atom is -0.103 e. The molecular formula is C14H19BrSi. The Bertz CT molecular complexity index is 382. The average Bonchev–Trinajstić information content (AvgIpc) is 2.16. The fraction of sp³-hybridized carbons (Fsp3) is 0.286. The van der Waals surface area contributed by atoms with Crippen molar-refractivity contribution >= 4 is 29.6 Å². The van der Waals surface area contributed by atoms with Gasteiger partial charge in [-0.3, -0.25) is 0 Å². The molecule has 0 fully saturated rings. The van der Waals surface area contributed by atoms with Crippen LogP contribution in [-0.4, -0.2) is 8.07 Å². The van der Waals surface area contributed by atoms with E-state index in [0.717, 1.165) is 10.9 Å². The van der Waals surface area contributed by atoms with Gasteiger partial charge >= 0.3 is 0 Å². The Morgan fingerprint density at radius 3 is 2.25 bits per heavy atom. The van der Waals surface area contributed by atoms with Crippen LogP contribution in [0.1, 0.15) is 12.0 Å². The third kappa shape index (κ3) is 4.50. The van der Waals surface area contributed by atoms with Crippen molar-refractivity contribution in [2.75, 3.05) is 0 Å².